The molecule has 0 amide bonds. The van der Waals surface area contributed by atoms with Crippen LogP contribution in [0.15, 0.2) is 12.1 Å². The van der Waals surface area contributed by atoms with Crippen molar-refractivity contribution in [3.8, 4) is 0 Å². The molecule has 0 heterocycles. The van der Waals surface area contributed by atoms with Crippen LogP contribution in [0.2, 0.25) is 0 Å². The zero-order valence-corrected chi connectivity index (χ0v) is 9.00. The van der Waals surface area contributed by atoms with Crippen LogP contribution < -0.4 is 5.73 Å². The molecule has 0 saturated heterocycles. The van der Waals surface area contributed by atoms with E-state index in [1.165, 1.54) is 19.9 Å². The lowest BCUT2D eigenvalue weighted by Gasteiger charge is -2.18. The Labute approximate surface area is 91.9 Å². The van der Waals surface area contributed by atoms with Crippen molar-refractivity contribution in [2.24, 2.45) is 5.73 Å². The summed E-state index contributed by atoms with van der Waals surface area (Å²) in [6.45, 7) is 2.87. The van der Waals surface area contributed by atoms with Crippen molar-refractivity contribution in [1.29, 1.82) is 0 Å². The van der Waals surface area contributed by atoms with Crippen molar-refractivity contribution in [2.75, 3.05) is 0 Å². The van der Waals surface area contributed by atoms with E-state index < -0.39 is 29.6 Å². The first-order chi connectivity index (χ1) is 7.36. The van der Waals surface area contributed by atoms with E-state index in [0.717, 1.165) is 6.07 Å². The van der Waals surface area contributed by atoms with Crippen LogP contribution in [-0.2, 0) is 4.79 Å². The summed E-state index contributed by atoms with van der Waals surface area (Å²) in [6, 6.07) is 1.08. The summed E-state index contributed by atoms with van der Waals surface area (Å²) in [5, 5.41) is 8.69. The Morgan fingerprint density at radius 1 is 1.44 bits per heavy atom. The first-order valence-corrected chi connectivity index (χ1v) is 4.79. The second kappa shape index (κ2) is 4.57. The van der Waals surface area contributed by atoms with Gasteiger partial charge in [-0.3, -0.25) is 4.79 Å². The molecule has 3 nitrogen and oxygen atoms in total. The number of halogens is 2. The first-order valence-electron chi connectivity index (χ1n) is 4.79. The van der Waals surface area contributed by atoms with Gasteiger partial charge in [0.2, 0.25) is 0 Å². The van der Waals surface area contributed by atoms with Gasteiger partial charge in [0, 0.05) is 11.5 Å². The fourth-order valence-corrected chi connectivity index (χ4v) is 1.49. The molecule has 0 radical (unpaired) electrons. The third-order valence-corrected chi connectivity index (χ3v) is 2.60. The van der Waals surface area contributed by atoms with E-state index in [4.69, 9.17) is 10.8 Å². The Morgan fingerprint density at radius 2 is 2.00 bits per heavy atom. The van der Waals surface area contributed by atoms with Crippen molar-refractivity contribution in [3.63, 3.8) is 0 Å². The molecule has 1 rings (SSSR count). The molecule has 2 unspecified atom stereocenters. The highest BCUT2D eigenvalue weighted by Crippen LogP contribution is 2.26. The maximum atomic E-state index is 13.6. The molecular weight excluding hydrogens is 216 g/mol. The number of carbonyl (C=O) groups is 1. The maximum Gasteiger partial charge on any atom is 0.321 e. The second-order valence-electron chi connectivity index (χ2n) is 3.74. The Hall–Kier alpha value is -1.49. The van der Waals surface area contributed by atoms with Gasteiger partial charge < -0.3 is 10.8 Å². The number of benzene rings is 1. The van der Waals surface area contributed by atoms with Crippen molar-refractivity contribution in [3.05, 3.63) is 34.9 Å². The van der Waals surface area contributed by atoms with Crippen molar-refractivity contribution in [2.45, 2.75) is 25.8 Å². The summed E-state index contributed by atoms with van der Waals surface area (Å²) in [5.41, 5.74) is 5.34. The average molecular weight is 229 g/mol. The van der Waals surface area contributed by atoms with Gasteiger partial charge in [-0.2, -0.15) is 0 Å². The molecule has 1 aromatic rings. The predicted octanol–water partition coefficient (Wildman–Crippen LogP) is 1.79. The van der Waals surface area contributed by atoms with Crippen LogP contribution in [0.1, 0.15) is 24.0 Å². The van der Waals surface area contributed by atoms with Gasteiger partial charge in [-0.25, -0.2) is 8.78 Å². The van der Waals surface area contributed by atoms with Crippen LogP contribution in [0.4, 0.5) is 8.78 Å². The minimum absolute atomic E-state index is 0.265. The van der Waals surface area contributed by atoms with Gasteiger partial charge in [-0.1, -0.05) is 13.0 Å². The molecule has 0 aliphatic heterocycles. The molecule has 88 valence electrons. The van der Waals surface area contributed by atoms with Gasteiger partial charge in [0.1, 0.15) is 17.7 Å². The molecule has 0 aliphatic rings. The standard InChI is InChI=1S/C11H13F2NO2/c1-5-3-4-7(12)8(9(5)13)6(2)10(14)11(15)16/h3-4,6,10H,14H2,1-2H3,(H,15,16). The lowest BCUT2D eigenvalue weighted by atomic mass is 9.91. The molecule has 0 saturated carbocycles. The quantitative estimate of drug-likeness (QED) is 0.830. The second-order valence-corrected chi connectivity index (χ2v) is 3.74. The number of carboxylic acids is 1. The number of carboxylic acid groups (broad SMARTS) is 1. The van der Waals surface area contributed by atoms with Crippen molar-refractivity contribution in [1.82, 2.24) is 0 Å². The summed E-state index contributed by atoms with van der Waals surface area (Å²) in [5.74, 6) is -3.71. The van der Waals surface area contributed by atoms with Crippen LogP contribution >= 0.6 is 0 Å². The predicted molar refractivity (Wildman–Crippen MR) is 55.1 cm³/mol. The summed E-state index contributed by atoms with van der Waals surface area (Å²) in [7, 11) is 0. The number of hydrogen-bond donors (Lipinski definition) is 2. The highest BCUT2D eigenvalue weighted by atomic mass is 19.1. The highest BCUT2D eigenvalue weighted by molar-refractivity contribution is 5.74. The van der Waals surface area contributed by atoms with Gasteiger partial charge >= 0.3 is 5.97 Å². The minimum Gasteiger partial charge on any atom is -0.480 e. The monoisotopic (exact) mass is 229 g/mol. The Morgan fingerprint density at radius 3 is 2.50 bits per heavy atom. The van der Waals surface area contributed by atoms with E-state index in [-0.39, 0.29) is 11.1 Å². The van der Waals surface area contributed by atoms with E-state index in [1.807, 2.05) is 0 Å². The fraction of sp³-hybridized carbons (Fsp3) is 0.364. The number of hydrogen-bond acceptors (Lipinski definition) is 2. The number of aryl methyl sites for hydroxylation is 1. The normalized spacial score (nSPS) is 14.6. The van der Waals surface area contributed by atoms with E-state index in [2.05, 4.69) is 0 Å². The van der Waals surface area contributed by atoms with Crippen LogP contribution in [-0.4, -0.2) is 17.1 Å². The van der Waals surface area contributed by atoms with Gasteiger partial charge in [0.05, 0.1) is 0 Å². The van der Waals surface area contributed by atoms with E-state index in [1.54, 1.807) is 0 Å². The molecule has 0 aliphatic carbocycles. The molecule has 0 fully saturated rings. The molecule has 5 heteroatoms. The number of rotatable bonds is 3. The molecule has 1 aromatic carbocycles. The van der Waals surface area contributed by atoms with Crippen LogP contribution in [0.25, 0.3) is 0 Å². The largest absolute Gasteiger partial charge is 0.480 e. The topological polar surface area (TPSA) is 63.3 Å². The molecule has 0 spiro atoms. The third kappa shape index (κ3) is 2.19. The fourth-order valence-electron chi connectivity index (χ4n) is 1.49. The lowest BCUT2D eigenvalue weighted by Crippen LogP contribution is -2.36. The maximum absolute atomic E-state index is 13.6. The molecule has 3 N–H and O–H groups in total. The molecular formula is C11H13F2NO2. The van der Waals surface area contributed by atoms with Crippen molar-refractivity contribution >= 4 is 5.97 Å². The SMILES string of the molecule is Cc1ccc(F)c(C(C)C(N)C(=O)O)c1F. The van der Waals surface area contributed by atoms with Crippen molar-refractivity contribution < 1.29 is 18.7 Å². The van der Waals surface area contributed by atoms with Crippen LogP contribution in [0, 0.1) is 18.6 Å². The van der Waals surface area contributed by atoms with Gasteiger partial charge in [0.15, 0.2) is 0 Å². The summed E-state index contributed by atoms with van der Waals surface area (Å²) >= 11 is 0. The van der Waals surface area contributed by atoms with E-state index in [9.17, 15) is 13.6 Å². The zero-order valence-electron chi connectivity index (χ0n) is 9.00. The van der Waals surface area contributed by atoms with Crippen LogP contribution in [0.3, 0.4) is 0 Å². The van der Waals surface area contributed by atoms with E-state index >= 15 is 0 Å². The minimum atomic E-state index is -1.33. The van der Waals surface area contributed by atoms with Crippen LogP contribution in [0.5, 0.6) is 0 Å². The molecule has 0 aromatic heterocycles. The molecule has 0 bridgehead atoms. The average Bonchev–Trinajstić information content (AvgIpc) is 2.22. The number of aliphatic carboxylic acids is 1. The smallest absolute Gasteiger partial charge is 0.321 e. The summed E-state index contributed by atoms with van der Waals surface area (Å²) in [4.78, 5) is 10.7. The van der Waals surface area contributed by atoms with Gasteiger partial charge in [-0.05, 0) is 18.6 Å². The Kier molecular flexibility index (Phi) is 3.59. The first kappa shape index (κ1) is 12.6. The van der Waals surface area contributed by atoms with E-state index in [0.29, 0.717) is 0 Å². The molecule has 16 heavy (non-hydrogen) atoms. The lowest BCUT2D eigenvalue weighted by molar-refractivity contribution is -0.139. The molecule has 2 atom stereocenters. The highest BCUT2D eigenvalue weighted by Gasteiger charge is 2.27. The van der Waals surface area contributed by atoms with Gasteiger partial charge in [0.25, 0.3) is 0 Å². The Balaban J connectivity index is 3.22. The summed E-state index contributed by atoms with van der Waals surface area (Å²) in [6.07, 6.45) is 0. The number of nitrogens with two attached hydrogens (primary N) is 1. The Bertz CT molecular complexity index is 421. The summed E-state index contributed by atoms with van der Waals surface area (Å²) < 4.78 is 27.1. The third-order valence-electron chi connectivity index (χ3n) is 2.60. The zero-order chi connectivity index (χ0) is 12.5. The van der Waals surface area contributed by atoms with Gasteiger partial charge in [-0.15, -0.1) is 0 Å².